The Labute approximate surface area is 183 Å². The summed E-state index contributed by atoms with van der Waals surface area (Å²) in [6.45, 7) is 0. The normalized spacial score (nSPS) is 30.9. The maximum atomic E-state index is 14.0. The third-order valence-corrected chi connectivity index (χ3v) is 7.93. The molecule has 31 heavy (non-hydrogen) atoms. The van der Waals surface area contributed by atoms with Gasteiger partial charge in [0.05, 0.1) is 28.4 Å². The Hall–Kier alpha value is -2.69. The second-order valence-electron chi connectivity index (χ2n) is 9.22. The minimum absolute atomic E-state index is 0.233. The first-order valence-corrected chi connectivity index (χ1v) is 11.0. The zero-order valence-corrected chi connectivity index (χ0v) is 18.7. The molecule has 3 aliphatic rings. The van der Waals surface area contributed by atoms with Crippen LogP contribution in [-0.4, -0.2) is 34.2 Å². The molecule has 0 unspecified atom stereocenters. The number of ether oxygens (including phenoxy) is 4. The summed E-state index contributed by atoms with van der Waals surface area (Å²) in [5, 5.41) is 0. The molecule has 2 aromatic rings. The molecule has 0 radical (unpaired) electrons. The van der Waals surface area contributed by atoms with Crippen LogP contribution in [-0.2, 0) is 4.79 Å². The Morgan fingerprint density at radius 1 is 0.710 bits per heavy atom. The fourth-order valence-corrected chi connectivity index (χ4v) is 6.14. The highest BCUT2D eigenvalue weighted by Crippen LogP contribution is 2.76. The Kier molecular flexibility index (Phi) is 4.68. The molecule has 4 atom stereocenters. The van der Waals surface area contributed by atoms with Crippen molar-refractivity contribution in [1.29, 1.82) is 0 Å². The van der Waals surface area contributed by atoms with Crippen molar-refractivity contribution in [3.05, 3.63) is 47.5 Å². The number of hydrogen-bond donors (Lipinski definition) is 0. The average Bonchev–Trinajstić information content (AvgIpc) is 3.72. The number of carbonyl (C=O) groups is 1. The molecule has 0 aromatic heterocycles. The molecule has 3 saturated carbocycles. The molecule has 0 heterocycles. The van der Waals surface area contributed by atoms with Crippen LogP contribution in [0.15, 0.2) is 36.4 Å². The van der Waals surface area contributed by atoms with Crippen LogP contribution in [0.25, 0.3) is 0 Å². The molecule has 0 amide bonds. The molecule has 3 aliphatic carbocycles. The van der Waals surface area contributed by atoms with Crippen molar-refractivity contribution in [2.24, 2.45) is 10.8 Å². The second kappa shape index (κ2) is 7.18. The smallest absolute Gasteiger partial charge is 0.146 e. The molecular formula is C26H30O5. The molecule has 0 aliphatic heterocycles. The van der Waals surface area contributed by atoms with Gasteiger partial charge in [0, 0.05) is 34.8 Å². The largest absolute Gasteiger partial charge is 0.497 e. The van der Waals surface area contributed by atoms with Crippen molar-refractivity contribution < 1.29 is 23.7 Å². The predicted octanol–water partition coefficient (Wildman–Crippen LogP) is 5.12. The van der Waals surface area contributed by atoms with E-state index in [0.717, 1.165) is 66.2 Å². The van der Waals surface area contributed by atoms with Crippen LogP contribution < -0.4 is 18.9 Å². The Morgan fingerprint density at radius 2 is 1.16 bits per heavy atom. The van der Waals surface area contributed by atoms with Gasteiger partial charge in [-0.1, -0.05) is 18.6 Å². The second-order valence-corrected chi connectivity index (χ2v) is 9.22. The molecule has 0 saturated heterocycles. The number of rotatable bonds is 6. The number of ketones is 1. The topological polar surface area (TPSA) is 54.0 Å². The highest BCUT2D eigenvalue weighted by atomic mass is 16.5. The van der Waals surface area contributed by atoms with E-state index in [-0.39, 0.29) is 22.7 Å². The zero-order chi connectivity index (χ0) is 21.8. The van der Waals surface area contributed by atoms with Gasteiger partial charge in [-0.3, -0.25) is 4.79 Å². The minimum Gasteiger partial charge on any atom is -0.497 e. The SMILES string of the molecule is COc1ccc([C@H]2C[C@]23CCC[C@]2(C[C@@H]2c2ccc(OC)cc2OC)C3=O)c(OC)c1. The van der Waals surface area contributed by atoms with E-state index in [1.54, 1.807) is 28.4 Å². The highest BCUT2D eigenvalue weighted by Gasteiger charge is 2.73. The van der Waals surface area contributed by atoms with Crippen LogP contribution in [0, 0.1) is 10.8 Å². The fraction of sp³-hybridized carbons (Fsp3) is 0.500. The average molecular weight is 423 g/mol. The quantitative estimate of drug-likeness (QED) is 0.647. The summed E-state index contributed by atoms with van der Waals surface area (Å²) in [4.78, 5) is 14.0. The van der Waals surface area contributed by atoms with Gasteiger partial charge in [0.2, 0.25) is 0 Å². The van der Waals surface area contributed by atoms with E-state index in [1.807, 2.05) is 24.3 Å². The fourth-order valence-electron chi connectivity index (χ4n) is 6.14. The van der Waals surface area contributed by atoms with Gasteiger partial charge in [-0.15, -0.1) is 0 Å². The Balaban J connectivity index is 1.43. The molecular weight excluding hydrogens is 392 g/mol. The number of benzene rings is 2. The van der Waals surface area contributed by atoms with E-state index in [4.69, 9.17) is 18.9 Å². The molecule has 5 heteroatoms. The summed E-state index contributed by atoms with van der Waals surface area (Å²) >= 11 is 0. The van der Waals surface area contributed by atoms with Crippen LogP contribution in [0.3, 0.4) is 0 Å². The van der Waals surface area contributed by atoms with Crippen LogP contribution in [0.2, 0.25) is 0 Å². The summed E-state index contributed by atoms with van der Waals surface area (Å²) in [5.74, 6) is 4.10. The molecule has 164 valence electrons. The zero-order valence-electron chi connectivity index (χ0n) is 18.7. The summed E-state index contributed by atoms with van der Waals surface area (Å²) in [5.41, 5.74) is 1.78. The van der Waals surface area contributed by atoms with Crippen LogP contribution in [0.4, 0.5) is 0 Å². The van der Waals surface area contributed by atoms with Gasteiger partial charge in [-0.05, 0) is 48.9 Å². The lowest BCUT2D eigenvalue weighted by molar-refractivity contribution is -0.132. The van der Waals surface area contributed by atoms with Gasteiger partial charge in [0.15, 0.2) is 0 Å². The Morgan fingerprint density at radius 3 is 1.55 bits per heavy atom. The van der Waals surface area contributed by atoms with Crippen molar-refractivity contribution in [3.8, 4) is 23.0 Å². The first-order valence-electron chi connectivity index (χ1n) is 11.0. The van der Waals surface area contributed by atoms with Crippen molar-refractivity contribution in [1.82, 2.24) is 0 Å². The molecule has 0 bridgehead atoms. The molecule has 3 fully saturated rings. The van der Waals surface area contributed by atoms with E-state index >= 15 is 0 Å². The lowest BCUT2D eigenvalue weighted by atomic mass is 9.71. The summed E-state index contributed by atoms with van der Waals surface area (Å²) in [7, 11) is 6.68. The number of carbonyl (C=O) groups excluding carboxylic acids is 1. The van der Waals surface area contributed by atoms with E-state index in [9.17, 15) is 4.79 Å². The van der Waals surface area contributed by atoms with Crippen molar-refractivity contribution >= 4 is 5.78 Å². The highest BCUT2D eigenvalue weighted by molar-refractivity contribution is 5.98. The van der Waals surface area contributed by atoms with E-state index in [0.29, 0.717) is 5.78 Å². The van der Waals surface area contributed by atoms with Gasteiger partial charge in [0.1, 0.15) is 28.8 Å². The minimum atomic E-state index is -0.241. The van der Waals surface area contributed by atoms with Gasteiger partial charge < -0.3 is 18.9 Å². The van der Waals surface area contributed by atoms with Crippen molar-refractivity contribution in [2.75, 3.05) is 28.4 Å². The van der Waals surface area contributed by atoms with Crippen molar-refractivity contribution in [2.45, 2.75) is 43.9 Å². The van der Waals surface area contributed by atoms with E-state index in [2.05, 4.69) is 12.1 Å². The molecule has 2 spiro atoms. The molecule has 0 N–H and O–H groups in total. The van der Waals surface area contributed by atoms with Gasteiger partial charge in [-0.25, -0.2) is 0 Å². The van der Waals surface area contributed by atoms with Crippen molar-refractivity contribution in [3.63, 3.8) is 0 Å². The third-order valence-electron chi connectivity index (χ3n) is 7.93. The number of hydrogen-bond acceptors (Lipinski definition) is 5. The third kappa shape index (κ3) is 2.93. The summed E-state index contributed by atoms with van der Waals surface area (Å²) < 4.78 is 22.0. The van der Waals surface area contributed by atoms with E-state index < -0.39 is 0 Å². The van der Waals surface area contributed by atoms with E-state index in [1.165, 1.54) is 0 Å². The molecule has 2 aromatic carbocycles. The maximum absolute atomic E-state index is 14.0. The predicted molar refractivity (Wildman–Crippen MR) is 118 cm³/mol. The molecule has 5 rings (SSSR count). The van der Waals surface area contributed by atoms with Crippen LogP contribution >= 0.6 is 0 Å². The number of methoxy groups -OCH3 is 4. The lowest BCUT2D eigenvalue weighted by Crippen LogP contribution is -2.33. The van der Waals surface area contributed by atoms with Gasteiger partial charge >= 0.3 is 0 Å². The maximum Gasteiger partial charge on any atom is 0.146 e. The summed E-state index contributed by atoms with van der Waals surface area (Å²) in [6.07, 6.45) is 4.88. The Bertz CT molecular complexity index is 951. The summed E-state index contributed by atoms with van der Waals surface area (Å²) in [6, 6.07) is 11.9. The standard InChI is InChI=1S/C26H30O5/c1-28-16-6-8-18(22(12-16)30-3)20-14-25(20)10-5-11-26(24(25)27)15-21(26)19-9-7-17(29-2)13-23(19)31-4/h6-9,12-13,20-21H,5,10-11,14-15H2,1-4H3/t20-,21-,25-,26-/m1/s1. The van der Waals surface area contributed by atoms with Gasteiger partial charge in [-0.2, -0.15) is 0 Å². The van der Waals surface area contributed by atoms with Gasteiger partial charge in [0.25, 0.3) is 0 Å². The molecule has 5 nitrogen and oxygen atoms in total. The first kappa shape index (κ1) is 20.2. The lowest BCUT2D eigenvalue weighted by Gasteiger charge is -2.30. The number of Topliss-reactive ketones (excluding diaryl/α,β-unsaturated/α-hetero) is 1. The van der Waals surface area contributed by atoms with Crippen LogP contribution in [0.1, 0.15) is 55.1 Å². The van der Waals surface area contributed by atoms with Crippen LogP contribution in [0.5, 0.6) is 23.0 Å². The monoisotopic (exact) mass is 422 g/mol. The first-order chi connectivity index (χ1) is 15.0.